The highest BCUT2D eigenvalue weighted by molar-refractivity contribution is 8.00. The van der Waals surface area contributed by atoms with Crippen LogP contribution in [0.3, 0.4) is 0 Å². The number of unbranched alkanes of at least 4 members (excludes halogenated alkanes) is 5. The lowest BCUT2D eigenvalue weighted by Crippen LogP contribution is -2.70. The Labute approximate surface area is 211 Å². The molecule has 1 saturated heterocycles. The average Bonchev–Trinajstić information content (AvgIpc) is 3.32. The maximum Gasteiger partial charge on any atom is 0.354 e. The van der Waals surface area contributed by atoms with Crippen LogP contribution in [0.2, 0.25) is 0 Å². The van der Waals surface area contributed by atoms with Crippen LogP contribution in [0.4, 0.5) is 5.13 Å². The molecule has 0 saturated carbocycles. The summed E-state index contributed by atoms with van der Waals surface area (Å²) >= 11 is 2.54. The Morgan fingerprint density at radius 2 is 2.06 bits per heavy atom. The minimum atomic E-state index is -0.837. The summed E-state index contributed by atoms with van der Waals surface area (Å²) in [6.45, 7) is 2.48. The number of amides is 3. The van der Waals surface area contributed by atoms with Gasteiger partial charge in [-0.25, -0.2) is 9.78 Å². The molecule has 0 aromatic carbocycles. The van der Waals surface area contributed by atoms with Crippen molar-refractivity contribution in [3.05, 3.63) is 22.8 Å². The van der Waals surface area contributed by atoms with E-state index in [0.717, 1.165) is 30.6 Å². The van der Waals surface area contributed by atoms with Gasteiger partial charge in [0.15, 0.2) is 10.8 Å². The molecule has 3 amide bonds. The molecule has 3 heterocycles. The van der Waals surface area contributed by atoms with Gasteiger partial charge in [0.25, 0.3) is 11.8 Å². The van der Waals surface area contributed by atoms with E-state index in [2.05, 4.69) is 27.7 Å². The molecule has 1 aromatic rings. The molecule has 190 valence electrons. The molecule has 2 N–H and O–H groups in total. The normalized spacial score (nSPS) is 19.3. The number of carbonyl (C=O) groups excluding carboxylic acids is 4. The molecular formula is C22H29N5O6S2. The van der Waals surface area contributed by atoms with E-state index in [1.165, 1.54) is 48.4 Å². The number of β-lactam (4-membered cyclic amide) rings is 1. The van der Waals surface area contributed by atoms with Crippen LogP contribution in [0.25, 0.3) is 0 Å². The van der Waals surface area contributed by atoms with Gasteiger partial charge in [0.05, 0.1) is 6.61 Å². The molecule has 35 heavy (non-hydrogen) atoms. The van der Waals surface area contributed by atoms with Crippen LogP contribution in [0.1, 0.15) is 51.1 Å². The van der Waals surface area contributed by atoms with Gasteiger partial charge in [-0.1, -0.05) is 44.2 Å². The number of aromatic nitrogens is 1. The van der Waals surface area contributed by atoms with Crippen molar-refractivity contribution in [1.29, 1.82) is 0 Å². The molecule has 0 aliphatic carbocycles. The summed E-state index contributed by atoms with van der Waals surface area (Å²) in [5.74, 6) is -1.08. The zero-order chi connectivity index (χ0) is 25.2. The number of oxime groups is 1. The third-order valence-electron chi connectivity index (χ3n) is 5.40. The Kier molecular flexibility index (Phi) is 10.1. The van der Waals surface area contributed by atoms with E-state index in [1.807, 2.05) is 0 Å². The van der Waals surface area contributed by atoms with E-state index in [9.17, 15) is 19.2 Å². The standard InChI is InChI=1S/C22H29N5O6S2/c1-3-4-5-6-7-8-10-33-21(31)15-9-11-34-20-17(19(30)27(15)20)25-18(29)16(26-32-2)14-12-35-22(24-14)23-13-28/h9,12-13,17,20H,3-8,10-11H2,1-2H3,(H,25,29)(H,23,24,28)/t17?,20-/m0/s1. The summed E-state index contributed by atoms with van der Waals surface area (Å²) in [5.41, 5.74) is 0.270. The minimum absolute atomic E-state index is 0.135. The van der Waals surface area contributed by atoms with Gasteiger partial charge in [-0.2, -0.15) is 0 Å². The molecule has 3 rings (SSSR count). The molecule has 11 nitrogen and oxygen atoms in total. The van der Waals surface area contributed by atoms with Crippen molar-refractivity contribution in [3.63, 3.8) is 0 Å². The summed E-state index contributed by atoms with van der Waals surface area (Å²) in [4.78, 5) is 59.2. The number of nitrogens with zero attached hydrogens (tertiary/aromatic N) is 3. The molecule has 2 atom stereocenters. The fraction of sp³-hybridized carbons (Fsp3) is 0.545. The summed E-state index contributed by atoms with van der Waals surface area (Å²) in [6, 6.07) is -0.837. The van der Waals surface area contributed by atoms with Gasteiger partial charge in [0.2, 0.25) is 6.41 Å². The monoisotopic (exact) mass is 523 g/mol. The second-order valence-electron chi connectivity index (χ2n) is 7.80. The first-order chi connectivity index (χ1) is 17.0. The van der Waals surface area contributed by atoms with E-state index in [0.29, 0.717) is 18.8 Å². The second-order valence-corrected chi connectivity index (χ2v) is 9.81. The highest BCUT2D eigenvalue weighted by Gasteiger charge is 2.53. The third kappa shape index (κ3) is 6.60. The molecule has 13 heteroatoms. The molecule has 1 fully saturated rings. The van der Waals surface area contributed by atoms with Gasteiger partial charge in [-0.05, 0) is 12.5 Å². The number of carbonyl (C=O) groups is 4. The quantitative estimate of drug-likeness (QED) is 0.0945. The SMILES string of the molecule is CCCCCCCCOC(=O)C1=CCS[C@H]2C(NC(=O)C(=NOC)c3csc(NC=O)n3)C(=O)N12. The minimum Gasteiger partial charge on any atom is -0.461 e. The first-order valence-electron chi connectivity index (χ1n) is 11.4. The molecule has 0 bridgehead atoms. The van der Waals surface area contributed by atoms with Gasteiger partial charge in [-0.15, -0.1) is 23.1 Å². The van der Waals surface area contributed by atoms with Crippen LogP contribution < -0.4 is 10.6 Å². The number of fused-ring (bicyclic) bond motifs is 1. The predicted octanol–water partition coefficient (Wildman–Crippen LogP) is 2.25. The number of ether oxygens (including phenoxy) is 1. The summed E-state index contributed by atoms with van der Waals surface area (Å²) < 4.78 is 5.38. The molecule has 0 spiro atoms. The number of nitrogens with one attached hydrogen (secondary N) is 2. The topological polar surface area (TPSA) is 139 Å². The Balaban J connectivity index is 1.55. The van der Waals surface area contributed by atoms with Crippen molar-refractivity contribution < 1.29 is 28.8 Å². The highest BCUT2D eigenvalue weighted by atomic mass is 32.2. The van der Waals surface area contributed by atoms with Crippen LogP contribution in [-0.2, 0) is 28.8 Å². The molecule has 0 radical (unpaired) electrons. The molecular weight excluding hydrogens is 494 g/mol. The van der Waals surface area contributed by atoms with Crippen molar-refractivity contribution >= 4 is 58.1 Å². The Hall–Kier alpha value is -2.93. The molecule has 2 aliphatic heterocycles. The number of rotatable bonds is 14. The van der Waals surface area contributed by atoms with Crippen molar-refractivity contribution in [2.45, 2.75) is 56.9 Å². The van der Waals surface area contributed by atoms with Crippen molar-refractivity contribution in [1.82, 2.24) is 15.2 Å². The fourth-order valence-corrected chi connectivity index (χ4v) is 5.50. The van der Waals surface area contributed by atoms with E-state index < -0.39 is 29.2 Å². The number of anilines is 1. The number of hydrogen-bond acceptors (Lipinski definition) is 10. The van der Waals surface area contributed by atoms with Crippen molar-refractivity contribution in [2.75, 3.05) is 24.8 Å². The van der Waals surface area contributed by atoms with E-state index in [-0.39, 0.29) is 22.2 Å². The third-order valence-corrected chi connectivity index (χ3v) is 7.36. The summed E-state index contributed by atoms with van der Waals surface area (Å²) in [7, 11) is 1.28. The zero-order valence-electron chi connectivity index (χ0n) is 19.7. The number of esters is 1. The van der Waals surface area contributed by atoms with Gasteiger partial charge in [0.1, 0.15) is 29.9 Å². The van der Waals surface area contributed by atoms with Gasteiger partial charge in [0, 0.05) is 11.1 Å². The lowest BCUT2D eigenvalue weighted by Gasteiger charge is -2.48. The van der Waals surface area contributed by atoms with Crippen molar-refractivity contribution in [3.8, 4) is 0 Å². The van der Waals surface area contributed by atoms with E-state index in [4.69, 9.17) is 9.57 Å². The first kappa shape index (κ1) is 26.7. The number of thiazole rings is 1. The Bertz CT molecular complexity index is 995. The van der Waals surface area contributed by atoms with Gasteiger partial charge >= 0.3 is 5.97 Å². The highest BCUT2D eigenvalue weighted by Crippen LogP contribution is 2.37. The fourth-order valence-electron chi connectivity index (χ4n) is 3.66. The van der Waals surface area contributed by atoms with Gasteiger partial charge < -0.3 is 20.2 Å². The first-order valence-corrected chi connectivity index (χ1v) is 13.3. The maximum atomic E-state index is 12.9. The van der Waals surface area contributed by atoms with Crippen molar-refractivity contribution in [2.24, 2.45) is 5.16 Å². The van der Waals surface area contributed by atoms with Crippen LogP contribution in [0.5, 0.6) is 0 Å². The lowest BCUT2D eigenvalue weighted by atomic mass is 10.0. The van der Waals surface area contributed by atoms with Crippen LogP contribution in [0, 0.1) is 0 Å². The average molecular weight is 524 g/mol. The van der Waals surface area contributed by atoms with Crippen LogP contribution >= 0.6 is 23.1 Å². The predicted molar refractivity (Wildman–Crippen MR) is 133 cm³/mol. The number of thioether (sulfide) groups is 1. The molecule has 2 aliphatic rings. The Morgan fingerprint density at radius 1 is 1.29 bits per heavy atom. The van der Waals surface area contributed by atoms with E-state index >= 15 is 0 Å². The summed E-state index contributed by atoms with van der Waals surface area (Å²) in [6.07, 6.45) is 8.62. The van der Waals surface area contributed by atoms with Gasteiger partial charge in [-0.3, -0.25) is 19.3 Å². The van der Waals surface area contributed by atoms with Crippen LogP contribution in [-0.4, -0.2) is 70.7 Å². The second kappa shape index (κ2) is 13.2. The molecule has 1 unspecified atom stereocenters. The zero-order valence-corrected chi connectivity index (χ0v) is 21.3. The summed E-state index contributed by atoms with van der Waals surface area (Å²) in [5, 5.41) is 10.2. The largest absolute Gasteiger partial charge is 0.461 e. The Morgan fingerprint density at radius 3 is 2.80 bits per heavy atom. The van der Waals surface area contributed by atoms with E-state index in [1.54, 1.807) is 6.08 Å². The van der Waals surface area contributed by atoms with Crippen LogP contribution in [0.15, 0.2) is 22.3 Å². The molecule has 1 aromatic heterocycles. The number of hydrogen-bond donors (Lipinski definition) is 2. The smallest absolute Gasteiger partial charge is 0.354 e. The lowest BCUT2D eigenvalue weighted by molar-refractivity contribution is -0.152. The maximum absolute atomic E-state index is 12.9.